The van der Waals surface area contributed by atoms with Crippen LogP contribution in [0.2, 0.25) is 0 Å². The summed E-state index contributed by atoms with van der Waals surface area (Å²) >= 11 is 0. The quantitative estimate of drug-likeness (QED) is 0.157. The zero-order valence-electron chi connectivity index (χ0n) is 22.2. The maximum absolute atomic E-state index is 13.4. The summed E-state index contributed by atoms with van der Waals surface area (Å²) in [5, 5.41) is 13.1. The number of fused-ring (bicyclic) bond motifs is 2. The molecule has 0 aliphatic carbocycles. The van der Waals surface area contributed by atoms with Crippen molar-refractivity contribution >= 4 is 39.5 Å². The van der Waals surface area contributed by atoms with E-state index in [1.807, 2.05) is 48.5 Å². The van der Waals surface area contributed by atoms with Crippen LogP contribution in [0.15, 0.2) is 54.6 Å². The molecule has 3 aromatic rings. The van der Waals surface area contributed by atoms with E-state index in [2.05, 4.69) is 6.07 Å². The smallest absolute Gasteiger partial charge is 0.311 e. The maximum atomic E-state index is 13.4. The van der Waals surface area contributed by atoms with Gasteiger partial charge in [0.05, 0.1) is 23.9 Å². The first-order valence-corrected chi connectivity index (χ1v) is 12.5. The molecule has 3 rings (SSSR count). The zero-order valence-corrected chi connectivity index (χ0v) is 22.2. The third-order valence-corrected chi connectivity index (χ3v) is 7.02. The van der Waals surface area contributed by atoms with Crippen LogP contribution >= 0.6 is 0 Å². The number of hydrogen-bond donors (Lipinski definition) is 1. The van der Waals surface area contributed by atoms with Gasteiger partial charge in [-0.3, -0.25) is 14.4 Å². The van der Waals surface area contributed by atoms with E-state index in [0.717, 1.165) is 27.1 Å². The van der Waals surface area contributed by atoms with Gasteiger partial charge in [-0.15, -0.1) is 0 Å². The van der Waals surface area contributed by atoms with E-state index in [-0.39, 0.29) is 19.4 Å². The van der Waals surface area contributed by atoms with Gasteiger partial charge in [0.25, 0.3) is 0 Å². The van der Waals surface area contributed by atoms with Crippen molar-refractivity contribution < 1.29 is 33.7 Å². The van der Waals surface area contributed by atoms with E-state index in [1.54, 1.807) is 27.7 Å². The molecule has 2 unspecified atom stereocenters. The zero-order chi connectivity index (χ0) is 27.2. The Labute approximate surface area is 217 Å². The van der Waals surface area contributed by atoms with Crippen molar-refractivity contribution in [2.75, 3.05) is 13.9 Å². The number of methoxy groups -OCH3 is 1. The first-order chi connectivity index (χ1) is 17.6. The lowest BCUT2D eigenvalue weighted by Crippen LogP contribution is -2.41. The summed E-state index contributed by atoms with van der Waals surface area (Å²) in [4.78, 5) is 38.6. The van der Waals surface area contributed by atoms with Crippen molar-refractivity contribution in [3.63, 3.8) is 0 Å². The summed E-state index contributed by atoms with van der Waals surface area (Å²) in [5.41, 5.74) is -1.28. The number of ether oxygens (including phenoxy) is 3. The Kier molecular flexibility index (Phi) is 8.92. The van der Waals surface area contributed by atoms with Crippen molar-refractivity contribution in [2.24, 2.45) is 16.7 Å². The molecule has 37 heavy (non-hydrogen) atoms. The summed E-state index contributed by atoms with van der Waals surface area (Å²) in [7, 11) is 1.28. The number of esters is 3. The second kappa shape index (κ2) is 11.7. The normalized spacial score (nSPS) is 14.1. The molecule has 3 aromatic carbocycles. The molecule has 7 heteroatoms. The lowest BCUT2D eigenvalue weighted by Gasteiger charge is -2.35. The van der Waals surface area contributed by atoms with E-state index in [1.165, 1.54) is 7.11 Å². The van der Waals surface area contributed by atoms with Gasteiger partial charge >= 0.3 is 17.9 Å². The largest absolute Gasteiger partial charge is 0.469 e. The van der Waals surface area contributed by atoms with E-state index in [9.17, 15) is 14.4 Å². The van der Waals surface area contributed by atoms with Gasteiger partial charge in [0.15, 0.2) is 6.79 Å². The lowest BCUT2D eigenvalue weighted by atomic mass is 9.69. The van der Waals surface area contributed by atoms with E-state index >= 15 is 0 Å². The van der Waals surface area contributed by atoms with Crippen molar-refractivity contribution in [2.45, 2.75) is 53.6 Å². The molecule has 0 aliphatic rings. The first kappa shape index (κ1) is 28.1. The minimum Gasteiger partial charge on any atom is -0.469 e. The summed E-state index contributed by atoms with van der Waals surface area (Å²) in [6, 6.07) is 18.1. The van der Waals surface area contributed by atoms with Crippen LogP contribution in [-0.4, -0.2) is 36.9 Å². The highest BCUT2D eigenvalue weighted by Crippen LogP contribution is 2.42. The van der Waals surface area contributed by atoms with Gasteiger partial charge < -0.3 is 19.3 Å². The highest BCUT2D eigenvalue weighted by molar-refractivity contribution is 6.02. The number of carbonyl (C=O) groups excluding carboxylic acids is 3. The first-order valence-electron chi connectivity index (χ1n) is 12.5. The summed E-state index contributed by atoms with van der Waals surface area (Å²) < 4.78 is 15.7. The molecule has 1 N–H and O–H groups in total. The molecule has 0 heterocycles. The fraction of sp³-hybridized carbons (Fsp3) is 0.433. The Hall–Kier alpha value is -3.45. The number of carbonyl (C=O) groups is 3. The fourth-order valence-corrected chi connectivity index (χ4v) is 5.24. The third kappa shape index (κ3) is 6.28. The monoisotopic (exact) mass is 508 g/mol. The highest BCUT2D eigenvalue weighted by Gasteiger charge is 2.46. The van der Waals surface area contributed by atoms with Gasteiger partial charge in [-0.05, 0) is 67.6 Å². The molecule has 0 saturated carbocycles. The molecule has 2 atom stereocenters. The predicted octanol–water partition coefficient (Wildman–Crippen LogP) is 5.54. The molecule has 0 saturated heterocycles. The van der Waals surface area contributed by atoms with E-state index < -0.39 is 41.4 Å². The molecule has 0 aromatic heterocycles. The molecule has 0 aliphatic heterocycles. The Bertz CT molecular complexity index is 1230. The van der Waals surface area contributed by atoms with Gasteiger partial charge in [0, 0.05) is 5.56 Å². The minimum absolute atomic E-state index is 0.0828. The number of rotatable bonds is 11. The topological polar surface area (TPSA) is 99.1 Å². The molecule has 0 radical (unpaired) electrons. The van der Waals surface area contributed by atoms with Crippen LogP contribution in [0.5, 0.6) is 0 Å². The average molecular weight is 509 g/mol. The molecular weight excluding hydrogens is 472 g/mol. The maximum Gasteiger partial charge on any atom is 0.311 e. The van der Waals surface area contributed by atoms with Crippen molar-refractivity contribution in [3.05, 3.63) is 60.2 Å². The van der Waals surface area contributed by atoms with E-state index in [4.69, 9.17) is 19.3 Å². The molecule has 7 nitrogen and oxygen atoms in total. The summed E-state index contributed by atoms with van der Waals surface area (Å²) in [6.07, 6.45) is 0.620. The van der Waals surface area contributed by atoms with Crippen LogP contribution < -0.4 is 0 Å². The van der Waals surface area contributed by atoms with Gasteiger partial charge in [-0.25, -0.2) is 0 Å². The second-order valence-corrected chi connectivity index (χ2v) is 10.4. The molecule has 0 bridgehead atoms. The standard InChI is InChI=1S/C30H36O7/c1-6-20(26(32)37-19-31)16-30(4,28(34)35-5)18-29(2,3)27(33)36-17-25-23-13-9-7-11-21(23)15-22-12-8-10-14-24(22)25/h7-15,20,31H,6,16-19H2,1-5H3. The van der Waals surface area contributed by atoms with E-state index in [0.29, 0.717) is 6.42 Å². The van der Waals surface area contributed by atoms with Crippen molar-refractivity contribution in [3.8, 4) is 0 Å². The fourth-order valence-electron chi connectivity index (χ4n) is 5.24. The SMILES string of the molecule is CCC(CC(C)(CC(C)(C)C(=O)OCc1c2ccccc2cc2ccccc12)C(=O)OC)C(=O)OCO. The van der Waals surface area contributed by atoms with Gasteiger partial charge in [0.1, 0.15) is 6.61 Å². The summed E-state index contributed by atoms with van der Waals surface area (Å²) in [6.45, 7) is 6.29. The van der Waals surface area contributed by atoms with Crippen molar-refractivity contribution in [1.82, 2.24) is 0 Å². The van der Waals surface area contributed by atoms with Gasteiger partial charge in [-0.1, -0.05) is 55.5 Å². The molecule has 0 fully saturated rings. The molecule has 198 valence electrons. The highest BCUT2D eigenvalue weighted by atomic mass is 16.6. The Morgan fingerprint density at radius 1 is 0.892 bits per heavy atom. The number of aliphatic hydroxyl groups is 1. The lowest BCUT2D eigenvalue weighted by molar-refractivity contribution is -0.165. The van der Waals surface area contributed by atoms with Crippen LogP contribution in [0.1, 0.15) is 52.5 Å². The number of benzene rings is 3. The molecule has 0 amide bonds. The Morgan fingerprint density at radius 3 is 1.97 bits per heavy atom. The molecular formula is C30H36O7. The predicted molar refractivity (Wildman–Crippen MR) is 141 cm³/mol. The van der Waals surface area contributed by atoms with Crippen LogP contribution in [0.3, 0.4) is 0 Å². The Balaban J connectivity index is 1.85. The number of aliphatic hydroxyl groups excluding tert-OH is 1. The minimum atomic E-state index is -1.15. The molecule has 0 spiro atoms. The van der Waals surface area contributed by atoms with Crippen LogP contribution in [-0.2, 0) is 35.2 Å². The van der Waals surface area contributed by atoms with Crippen LogP contribution in [0.4, 0.5) is 0 Å². The van der Waals surface area contributed by atoms with Crippen LogP contribution in [0.25, 0.3) is 21.5 Å². The summed E-state index contributed by atoms with van der Waals surface area (Å²) in [5.74, 6) is -2.21. The van der Waals surface area contributed by atoms with Gasteiger partial charge in [-0.2, -0.15) is 0 Å². The van der Waals surface area contributed by atoms with Gasteiger partial charge in [0.2, 0.25) is 0 Å². The van der Waals surface area contributed by atoms with Crippen molar-refractivity contribution in [1.29, 1.82) is 0 Å². The number of hydrogen-bond acceptors (Lipinski definition) is 7. The Morgan fingerprint density at radius 2 is 1.46 bits per heavy atom. The third-order valence-electron chi connectivity index (χ3n) is 7.02. The average Bonchev–Trinajstić information content (AvgIpc) is 2.88. The second-order valence-electron chi connectivity index (χ2n) is 10.4. The van der Waals surface area contributed by atoms with Crippen LogP contribution in [0, 0.1) is 16.7 Å².